The van der Waals surface area contributed by atoms with E-state index in [0.29, 0.717) is 17.6 Å². The number of anilines is 1. The molecule has 0 aromatic heterocycles. The zero-order valence-corrected chi connectivity index (χ0v) is 14.4. The van der Waals surface area contributed by atoms with Gasteiger partial charge in [0.2, 0.25) is 11.8 Å². The number of rotatable bonds is 3. The summed E-state index contributed by atoms with van der Waals surface area (Å²) in [5.41, 5.74) is 0.198. The Morgan fingerprint density at radius 3 is 2.42 bits per heavy atom. The molecule has 2 amide bonds. The van der Waals surface area contributed by atoms with Crippen LogP contribution in [0.25, 0.3) is 0 Å². The topological polar surface area (TPSA) is 49.4 Å². The van der Waals surface area contributed by atoms with Crippen molar-refractivity contribution in [3.63, 3.8) is 0 Å². The third kappa shape index (κ3) is 3.26. The Hall–Kier alpha value is -2.54. The van der Waals surface area contributed by atoms with E-state index < -0.39 is 46.8 Å². The van der Waals surface area contributed by atoms with E-state index in [1.54, 1.807) is 31.3 Å². The molecule has 2 atom stereocenters. The zero-order valence-electron chi connectivity index (χ0n) is 13.6. The number of amides is 2. The van der Waals surface area contributed by atoms with Gasteiger partial charge >= 0.3 is 0 Å². The van der Waals surface area contributed by atoms with Crippen molar-refractivity contribution in [2.45, 2.75) is 5.92 Å². The van der Waals surface area contributed by atoms with Gasteiger partial charge in [0, 0.05) is 24.5 Å². The second kappa shape index (κ2) is 6.99. The SMILES string of the molecule is CN1C[C@H](c2ccc(Cl)cc2)[C@@H](C(=O)Nc2ccc(F)c(F)c2F)C1=O. The lowest BCUT2D eigenvalue weighted by molar-refractivity contribution is -0.135. The molecule has 1 saturated heterocycles. The van der Waals surface area contributed by atoms with Gasteiger partial charge in [-0.05, 0) is 29.8 Å². The van der Waals surface area contributed by atoms with Crippen LogP contribution in [-0.2, 0) is 9.59 Å². The first-order chi connectivity index (χ1) is 12.3. The number of hydrogen-bond acceptors (Lipinski definition) is 2. The van der Waals surface area contributed by atoms with Crippen LogP contribution in [0.4, 0.5) is 18.9 Å². The molecule has 0 unspecified atom stereocenters. The summed E-state index contributed by atoms with van der Waals surface area (Å²) >= 11 is 5.86. The molecule has 0 radical (unpaired) electrons. The lowest BCUT2D eigenvalue weighted by Crippen LogP contribution is -2.33. The second-order valence-electron chi connectivity index (χ2n) is 6.07. The minimum Gasteiger partial charge on any atom is -0.344 e. The fourth-order valence-corrected chi connectivity index (χ4v) is 3.16. The maximum Gasteiger partial charge on any atom is 0.237 e. The first-order valence-corrected chi connectivity index (χ1v) is 8.12. The van der Waals surface area contributed by atoms with E-state index in [1.807, 2.05) is 0 Å². The quantitative estimate of drug-likeness (QED) is 0.651. The van der Waals surface area contributed by atoms with Gasteiger partial charge in [0.1, 0.15) is 5.92 Å². The molecule has 136 valence electrons. The van der Waals surface area contributed by atoms with Crippen LogP contribution in [0.5, 0.6) is 0 Å². The molecule has 1 aliphatic heterocycles. The number of hydrogen-bond donors (Lipinski definition) is 1. The molecule has 2 aromatic carbocycles. The summed E-state index contributed by atoms with van der Waals surface area (Å²) < 4.78 is 40.2. The molecule has 0 bridgehead atoms. The summed E-state index contributed by atoms with van der Waals surface area (Å²) in [6.45, 7) is 0.290. The number of nitrogens with zero attached hydrogens (tertiary/aromatic N) is 1. The highest BCUT2D eigenvalue weighted by atomic mass is 35.5. The van der Waals surface area contributed by atoms with Crippen molar-refractivity contribution in [1.29, 1.82) is 0 Å². The maximum absolute atomic E-state index is 13.8. The van der Waals surface area contributed by atoms with Crippen molar-refractivity contribution in [1.82, 2.24) is 4.90 Å². The molecular weight excluding hydrogens is 369 g/mol. The van der Waals surface area contributed by atoms with Crippen LogP contribution < -0.4 is 5.32 Å². The van der Waals surface area contributed by atoms with E-state index in [0.717, 1.165) is 11.6 Å². The normalized spacial score (nSPS) is 19.7. The van der Waals surface area contributed by atoms with Gasteiger partial charge in [-0.2, -0.15) is 0 Å². The molecule has 0 spiro atoms. The predicted molar refractivity (Wildman–Crippen MR) is 90.3 cm³/mol. The van der Waals surface area contributed by atoms with E-state index in [4.69, 9.17) is 11.6 Å². The Bertz CT molecular complexity index is 873. The van der Waals surface area contributed by atoms with Gasteiger partial charge in [-0.1, -0.05) is 23.7 Å². The van der Waals surface area contributed by atoms with Crippen LogP contribution in [0.3, 0.4) is 0 Å². The number of benzene rings is 2. The average Bonchev–Trinajstić information content (AvgIpc) is 2.91. The molecule has 8 heteroatoms. The van der Waals surface area contributed by atoms with Crippen molar-refractivity contribution >= 4 is 29.1 Å². The molecule has 3 rings (SSSR count). The number of nitrogens with one attached hydrogen (secondary N) is 1. The molecule has 4 nitrogen and oxygen atoms in total. The summed E-state index contributed by atoms with van der Waals surface area (Å²) in [5.74, 6) is -7.38. The van der Waals surface area contributed by atoms with Gasteiger partial charge in [0.15, 0.2) is 17.5 Å². The minimum atomic E-state index is -1.69. The van der Waals surface area contributed by atoms with Crippen LogP contribution in [0.1, 0.15) is 11.5 Å². The Labute approximate surface area is 152 Å². The fourth-order valence-electron chi connectivity index (χ4n) is 3.04. The molecule has 1 fully saturated rings. The first-order valence-electron chi connectivity index (χ1n) is 7.74. The van der Waals surface area contributed by atoms with Crippen molar-refractivity contribution in [3.05, 3.63) is 64.4 Å². The molecular formula is C18H14ClF3N2O2. The number of halogens is 4. The third-order valence-corrected chi connectivity index (χ3v) is 4.64. The molecule has 26 heavy (non-hydrogen) atoms. The minimum absolute atomic E-state index is 0.290. The van der Waals surface area contributed by atoms with Gasteiger partial charge in [-0.15, -0.1) is 0 Å². The van der Waals surface area contributed by atoms with E-state index in [2.05, 4.69) is 5.32 Å². The molecule has 0 aliphatic carbocycles. The highest BCUT2D eigenvalue weighted by Gasteiger charge is 2.44. The van der Waals surface area contributed by atoms with Crippen molar-refractivity contribution in [2.75, 3.05) is 18.9 Å². The summed E-state index contributed by atoms with van der Waals surface area (Å²) in [7, 11) is 1.55. The highest BCUT2D eigenvalue weighted by molar-refractivity contribution is 6.30. The molecule has 0 saturated carbocycles. The van der Waals surface area contributed by atoms with Crippen LogP contribution in [-0.4, -0.2) is 30.3 Å². The van der Waals surface area contributed by atoms with Crippen LogP contribution in [0.2, 0.25) is 5.02 Å². The predicted octanol–water partition coefficient (Wildman–Crippen LogP) is 3.57. The largest absolute Gasteiger partial charge is 0.344 e. The van der Waals surface area contributed by atoms with Gasteiger partial charge in [0.25, 0.3) is 0 Å². The van der Waals surface area contributed by atoms with E-state index in [-0.39, 0.29) is 0 Å². The van der Waals surface area contributed by atoms with Crippen LogP contribution >= 0.6 is 11.6 Å². The Balaban J connectivity index is 1.89. The molecule has 1 N–H and O–H groups in total. The smallest absolute Gasteiger partial charge is 0.237 e. The fraction of sp³-hybridized carbons (Fsp3) is 0.222. The van der Waals surface area contributed by atoms with Gasteiger partial charge in [0.05, 0.1) is 5.69 Å². The average molecular weight is 383 g/mol. The van der Waals surface area contributed by atoms with Crippen molar-refractivity contribution in [3.8, 4) is 0 Å². The summed E-state index contributed by atoms with van der Waals surface area (Å²) in [6, 6.07) is 8.31. The van der Waals surface area contributed by atoms with Crippen molar-refractivity contribution < 1.29 is 22.8 Å². The number of likely N-dealkylation sites (tertiary alicyclic amines) is 1. The van der Waals surface area contributed by atoms with Crippen LogP contribution in [0.15, 0.2) is 36.4 Å². The van der Waals surface area contributed by atoms with E-state index >= 15 is 0 Å². The van der Waals surface area contributed by atoms with Crippen LogP contribution in [0, 0.1) is 23.4 Å². The van der Waals surface area contributed by atoms with Gasteiger partial charge in [-0.3, -0.25) is 9.59 Å². The molecule has 2 aromatic rings. The standard InChI is InChI=1S/C18H14ClF3N2O2/c1-24-8-11(9-2-4-10(19)5-3-9)14(18(24)26)17(25)23-13-7-6-12(20)15(21)16(13)22/h2-7,11,14H,8H2,1H3,(H,23,25)/t11-,14+/m1/s1. The zero-order chi connectivity index (χ0) is 19.0. The Kier molecular flexibility index (Phi) is 4.91. The first kappa shape index (κ1) is 18.3. The Morgan fingerprint density at radius 1 is 1.12 bits per heavy atom. The third-order valence-electron chi connectivity index (χ3n) is 4.39. The number of likely N-dealkylation sites (N-methyl/N-ethyl adjacent to an activating group) is 1. The summed E-state index contributed by atoms with van der Waals surface area (Å²) in [6.07, 6.45) is 0. The van der Waals surface area contributed by atoms with E-state index in [1.165, 1.54) is 4.90 Å². The summed E-state index contributed by atoms with van der Waals surface area (Å²) in [5, 5.41) is 2.70. The number of carbonyl (C=O) groups excluding carboxylic acids is 2. The van der Waals surface area contributed by atoms with Gasteiger partial charge < -0.3 is 10.2 Å². The maximum atomic E-state index is 13.8. The lowest BCUT2D eigenvalue weighted by atomic mass is 9.88. The summed E-state index contributed by atoms with van der Waals surface area (Å²) in [4.78, 5) is 26.4. The Morgan fingerprint density at radius 2 is 1.77 bits per heavy atom. The lowest BCUT2D eigenvalue weighted by Gasteiger charge is -2.17. The highest BCUT2D eigenvalue weighted by Crippen LogP contribution is 2.34. The molecule has 1 heterocycles. The number of carbonyl (C=O) groups is 2. The monoisotopic (exact) mass is 382 g/mol. The second-order valence-corrected chi connectivity index (χ2v) is 6.50. The van der Waals surface area contributed by atoms with Gasteiger partial charge in [-0.25, -0.2) is 13.2 Å². The van der Waals surface area contributed by atoms with Crippen molar-refractivity contribution in [2.24, 2.45) is 5.92 Å². The van der Waals surface area contributed by atoms with E-state index in [9.17, 15) is 22.8 Å². The molecule has 1 aliphatic rings.